The van der Waals surface area contributed by atoms with Gasteiger partial charge in [-0.2, -0.15) is 0 Å². The first-order valence-electron chi connectivity index (χ1n) is 7.06. The highest BCUT2D eigenvalue weighted by molar-refractivity contribution is 7.11. The third kappa shape index (κ3) is 2.76. The van der Waals surface area contributed by atoms with Crippen molar-refractivity contribution in [1.29, 1.82) is 0 Å². The van der Waals surface area contributed by atoms with Gasteiger partial charge in [-0.05, 0) is 44.2 Å². The van der Waals surface area contributed by atoms with E-state index >= 15 is 0 Å². The number of hydrogen-bond acceptors (Lipinski definition) is 3. The maximum absolute atomic E-state index is 13.7. The Morgan fingerprint density at radius 3 is 2.75 bits per heavy atom. The number of thiazole rings is 1. The van der Waals surface area contributed by atoms with Crippen molar-refractivity contribution in [3.8, 4) is 0 Å². The molecule has 1 aromatic carbocycles. The number of rotatable bonds is 4. The van der Waals surface area contributed by atoms with Gasteiger partial charge in [0.15, 0.2) is 0 Å². The van der Waals surface area contributed by atoms with Gasteiger partial charge in [0.05, 0.1) is 6.04 Å². The van der Waals surface area contributed by atoms with Gasteiger partial charge in [0.1, 0.15) is 10.8 Å². The Hall–Kier alpha value is -1.26. The summed E-state index contributed by atoms with van der Waals surface area (Å²) < 4.78 is 13.7. The molecule has 1 fully saturated rings. The van der Waals surface area contributed by atoms with Crippen LogP contribution in [0.1, 0.15) is 47.2 Å². The zero-order valence-corrected chi connectivity index (χ0v) is 12.6. The summed E-state index contributed by atoms with van der Waals surface area (Å²) in [6.45, 7) is 4.22. The molecule has 20 heavy (non-hydrogen) atoms. The zero-order chi connectivity index (χ0) is 14.1. The van der Waals surface area contributed by atoms with Crippen molar-refractivity contribution in [2.45, 2.75) is 44.7 Å². The third-order valence-corrected chi connectivity index (χ3v) is 5.07. The molecule has 0 aliphatic heterocycles. The molecular formula is C16H19FN2S. The van der Waals surface area contributed by atoms with Crippen molar-refractivity contribution >= 4 is 11.3 Å². The van der Waals surface area contributed by atoms with E-state index < -0.39 is 0 Å². The Balaban J connectivity index is 1.55. The maximum atomic E-state index is 13.7. The minimum absolute atomic E-state index is 0.0699. The van der Waals surface area contributed by atoms with E-state index in [-0.39, 0.29) is 11.9 Å². The van der Waals surface area contributed by atoms with Crippen LogP contribution in [0.2, 0.25) is 0 Å². The topological polar surface area (TPSA) is 24.9 Å². The molecule has 1 aromatic heterocycles. The highest BCUT2D eigenvalue weighted by atomic mass is 32.1. The van der Waals surface area contributed by atoms with E-state index in [0.717, 1.165) is 23.4 Å². The molecule has 0 radical (unpaired) electrons. The average Bonchev–Trinajstić information content (AvgIpc) is 2.81. The van der Waals surface area contributed by atoms with Crippen LogP contribution >= 0.6 is 11.3 Å². The van der Waals surface area contributed by atoms with Crippen molar-refractivity contribution in [3.05, 3.63) is 51.7 Å². The van der Waals surface area contributed by atoms with Gasteiger partial charge in [-0.3, -0.25) is 0 Å². The summed E-state index contributed by atoms with van der Waals surface area (Å²) in [5.74, 6) is 0.290. The Bertz CT molecular complexity index is 590. The van der Waals surface area contributed by atoms with Crippen LogP contribution in [0.15, 0.2) is 30.5 Å². The number of aromatic nitrogens is 1. The molecule has 3 rings (SSSR count). The van der Waals surface area contributed by atoms with Crippen LogP contribution in [0.25, 0.3) is 0 Å². The molecule has 1 aliphatic carbocycles. The Kier molecular flexibility index (Phi) is 3.85. The fourth-order valence-electron chi connectivity index (χ4n) is 2.81. The third-order valence-electron chi connectivity index (χ3n) is 3.98. The van der Waals surface area contributed by atoms with E-state index in [4.69, 9.17) is 0 Å². The van der Waals surface area contributed by atoms with Crippen molar-refractivity contribution in [2.24, 2.45) is 0 Å². The predicted molar refractivity (Wildman–Crippen MR) is 80.6 cm³/mol. The first-order chi connectivity index (χ1) is 9.63. The minimum atomic E-state index is -0.0699. The normalized spacial score (nSPS) is 23.4. The van der Waals surface area contributed by atoms with Gasteiger partial charge in [0, 0.05) is 17.1 Å². The quantitative estimate of drug-likeness (QED) is 0.913. The van der Waals surface area contributed by atoms with E-state index in [9.17, 15) is 4.39 Å². The van der Waals surface area contributed by atoms with E-state index in [1.165, 1.54) is 4.88 Å². The lowest BCUT2D eigenvalue weighted by Crippen LogP contribution is -2.41. The van der Waals surface area contributed by atoms with Gasteiger partial charge in [-0.1, -0.05) is 18.2 Å². The van der Waals surface area contributed by atoms with E-state index in [0.29, 0.717) is 12.0 Å². The SMILES string of the molecule is Cc1cnc(C(C)NC2CC(c3ccccc3F)C2)s1. The van der Waals surface area contributed by atoms with Crippen LogP contribution in [-0.4, -0.2) is 11.0 Å². The summed E-state index contributed by atoms with van der Waals surface area (Å²) in [7, 11) is 0. The van der Waals surface area contributed by atoms with Crippen LogP contribution < -0.4 is 5.32 Å². The van der Waals surface area contributed by atoms with Gasteiger partial charge in [-0.15, -0.1) is 11.3 Å². The van der Waals surface area contributed by atoms with Gasteiger partial charge in [0.2, 0.25) is 0 Å². The Morgan fingerprint density at radius 1 is 1.35 bits per heavy atom. The molecule has 1 unspecified atom stereocenters. The van der Waals surface area contributed by atoms with Gasteiger partial charge in [0.25, 0.3) is 0 Å². The molecule has 0 saturated heterocycles. The molecule has 106 valence electrons. The monoisotopic (exact) mass is 290 g/mol. The Labute approximate surface area is 123 Å². The molecule has 1 saturated carbocycles. The fourth-order valence-corrected chi connectivity index (χ4v) is 3.60. The summed E-state index contributed by atoms with van der Waals surface area (Å²) in [5.41, 5.74) is 0.864. The molecule has 1 aliphatic rings. The van der Waals surface area contributed by atoms with Crippen molar-refractivity contribution < 1.29 is 4.39 Å². The van der Waals surface area contributed by atoms with Gasteiger partial charge < -0.3 is 5.32 Å². The van der Waals surface area contributed by atoms with E-state index in [2.05, 4.69) is 24.1 Å². The van der Waals surface area contributed by atoms with Crippen LogP contribution in [0, 0.1) is 12.7 Å². The zero-order valence-electron chi connectivity index (χ0n) is 11.8. The second kappa shape index (κ2) is 5.62. The lowest BCUT2D eigenvalue weighted by Gasteiger charge is -2.38. The summed E-state index contributed by atoms with van der Waals surface area (Å²) in [6.07, 6.45) is 3.94. The molecule has 1 N–H and O–H groups in total. The fraction of sp³-hybridized carbons (Fsp3) is 0.438. The smallest absolute Gasteiger partial charge is 0.126 e. The summed E-state index contributed by atoms with van der Waals surface area (Å²) >= 11 is 1.74. The summed E-state index contributed by atoms with van der Waals surface area (Å²) in [4.78, 5) is 5.66. The average molecular weight is 290 g/mol. The van der Waals surface area contributed by atoms with Gasteiger partial charge in [-0.25, -0.2) is 9.37 Å². The second-order valence-corrected chi connectivity index (χ2v) is 6.85. The maximum Gasteiger partial charge on any atom is 0.126 e. The van der Waals surface area contributed by atoms with Crippen LogP contribution in [0.5, 0.6) is 0 Å². The molecule has 2 aromatic rings. The Morgan fingerprint density at radius 2 is 2.10 bits per heavy atom. The van der Waals surface area contributed by atoms with E-state index in [1.807, 2.05) is 18.3 Å². The number of benzene rings is 1. The molecule has 1 heterocycles. The van der Waals surface area contributed by atoms with Crippen molar-refractivity contribution in [3.63, 3.8) is 0 Å². The molecule has 0 spiro atoms. The lowest BCUT2D eigenvalue weighted by atomic mass is 9.75. The number of hydrogen-bond donors (Lipinski definition) is 1. The molecule has 1 atom stereocenters. The largest absolute Gasteiger partial charge is 0.305 e. The number of nitrogens with zero attached hydrogens (tertiary/aromatic N) is 1. The standard InChI is InChI=1S/C16H19FN2S/c1-10-9-18-16(20-10)11(2)19-13-7-12(8-13)14-5-3-4-6-15(14)17/h3-6,9,11-13,19H,7-8H2,1-2H3. The molecular weight excluding hydrogens is 271 g/mol. The number of nitrogens with one attached hydrogen (secondary N) is 1. The highest BCUT2D eigenvalue weighted by Crippen LogP contribution is 2.39. The molecule has 2 nitrogen and oxygen atoms in total. The van der Waals surface area contributed by atoms with E-state index in [1.54, 1.807) is 23.5 Å². The minimum Gasteiger partial charge on any atom is -0.305 e. The summed E-state index contributed by atoms with van der Waals surface area (Å²) in [5, 5.41) is 4.73. The predicted octanol–water partition coefficient (Wildman–Crippen LogP) is 4.19. The highest BCUT2D eigenvalue weighted by Gasteiger charge is 2.32. The first-order valence-corrected chi connectivity index (χ1v) is 7.88. The summed E-state index contributed by atoms with van der Waals surface area (Å²) in [6, 6.07) is 7.88. The van der Waals surface area contributed by atoms with Crippen molar-refractivity contribution in [1.82, 2.24) is 10.3 Å². The molecule has 0 bridgehead atoms. The number of aryl methyl sites for hydroxylation is 1. The number of halogens is 1. The second-order valence-electron chi connectivity index (χ2n) is 5.58. The molecule has 4 heteroatoms. The lowest BCUT2D eigenvalue weighted by molar-refractivity contribution is 0.266. The molecule has 0 amide bonds. The van der Waals surface area contributed by atoms with Crippen LogP contribution in [0.4, 0.5) is 4.39 Å². The first kappa shape index (κ1) is 13.7. The van der Waals surface area contributed by atoms with Gasteiger partial charge >= 0.3 is 0 Å². The van der Waals surface area contributed by atoms with Crippen LogP contribution in [0.3, 0.4) is 0 Å². The van der Waals surface area contributed by atoms with Crippen molar-refractivity contribution in [2.75, 3.05) is 0 Å². The van der Waals surface area contributed by atoms with Crippen LogP contribution in [-0.2, 0) is 0 Å².